The summed E-state index contributed by atoms with van der Waals surface area (Å²) in [5, 5.41) is 11.2. The van der Waals surface area contributed by atoms with Crippen LogP contribution in [-0.2, 0) is 6.42 Å². The molecular weight excluding hydrogens is 270 g/mol. The number of aromatic nitrogens is 1. The molecule has 22 heavy (non-hydrogen) atoms. The van der Waals surface area contributed by atoms with Crippen LogP contribution in [0.2, 0.25) is 0 Å². The predicted molar refractivity (Wildman–Crippen MR) is 92.7 cm³/mol. The molecule has 1 aromatic carbocycles. The first-order valence-corrected chi connectivity index (χ1v) is 8.36. The molecule has 0 atom stereocenters. The van der Waals surface area contributed by atoms with E-state index >= 15 is 0 Å². The van der Waals surface area contributed by atoms with E-state index in [1.54, 1.807) is 0 Å². The van der Waals surface area contributed by atoms with Gasteiger partial charge in [-0.05, 0) is 62.6 Å². The highest BCUT2D eigenvalue weighted by atomic mass is 16.3. The van der Waals surface area contributed by atoms with E-state index in [4.69, 9.17) is 4.98 Å². The van der Waals surface area contributed by atoms with Crippen molar-refractivity contribution in [2.75, 3.05) is 0 Å². The van der Waals surface area contributed by atoms with Crippen molar-refractivity contribution in [2.45, 2.75) is 51.6 Å². The summed E-state index contributed by atoms with van der Waals surface area (Å²) in [6.07, 6.45) is 9.45. The molecule has 1 aliphatic carbocycles. The van der Waals surface area contributed by atoms with E-state index in [1.165, 1.54) is 10.9 Å². The number of rotatable bonds is 3. The van der Waals surface area contributed by atoms with Crippen molar-refractivity contribution < 1.29 is 5.11 Å². The Kier molecular flexibility index (Phi) is 4.30. The third kappa shape index (κ3) is 3.56. The molecule has 116 valence electrons. The fourth-order valence-corrected chi connectivity index (χ4v) is 3.18. The Bertz CT molecular complexity index is 677. The summed E-state index contributed by atoms with van der Waals surface area (Å²) in [4.78, 5) is 4.70. The lowest BCUT2D eigenvalue weighted by atomic mass is 9.80. The molecule has 2 aromatic rings. The van der Waals surface area contributed by atoms with Gasteiger partial charge in [0.1, 0.15) is 0 Å². The van der Waals surface area contributed by atoms with Crippen LogP contribution in [0.3, 0.4) is 0 Å². The molecule has 0 amide bonds. The number of benzene rings is 1. The molecule has 0 spiro atoms. The zero-order chi connectivity index (χ0) is 15.6. The number of pyridine rings is 1. The van der Waals surface area contributed by atoms with Crippen molar-refractivity contribution in [3.05, 3.63) is 47.7 Å². The monoisotopic (exact) mass is 295 g/mol. The zero-order valence-corrected chi connectivity index (χ0v) is 13.5. The Morgan fingerprint density at radius 3 is 2.68 bits per heavy atom. The summed E-state index contributed by atoms with van der Waals surface area (Å²) in [6.45, 7) is 4.09. The summed E-state index contributed by atoms with van der Waals surface area (Å²) in [5.74, 6) is 0.589. The van der Waals surface area contributed by atoms with Crippen LogP contribution < -0.4 is 0 Å². The SMILES string of the molecule is CCc1ccc2ccc(/C=C/C3CCC(C)(O)CC3)cc2n1. The summed E-state index contributed by atoms with van der Waals surface area (Å²) < 4.78 is 0. The highest BCUT2D eigenvalue weighted by Gasteiger charge is 2.27. The first-order chi connectivity index (χ1) is 10.6. The van der Waals surface area contributed by atoms with E-state index in [1.807, 2.05) is 6.92 Å². The first-order valence-electron chi connectivity index (χ1n) is 8.36. The number of aryl methyl sites for hydroxylation is 1. The molecule has 1 aliphatic rings. The highest BCUT2D eigenvalue weighted by molar-refractivity contribution is 5.81. The Balaban J connectivity index is 1.74. The summed E-state index contributed by atoms with van der Waals surface area (Å²) >= 11 is 0. The number of hydrogen-bond donors (Lipinski definition) is 1. The van der Waals surface area contributed by atoms with Gasteiger partial charge >= 0.3 is 0 Å². The van der Waals surface area contributed by atoms with E-state index in [-0.39, 0.29) is 0 Å². The molecule has 0 unspecified atom stereocenters. The van der Waals surface area contributed by atoms with Crippen LogP contribution in [0.25, 0.3) is 17.0 Å². The average molecular weight is 295 g/mol. The van der Waals surface area contributed by atoms with Gasteiger partial charge < -0.3 is 5.11 Å². The quantitative estimate of drug-likeness (QED) is 0.886. The van der Waals surface area contributed by atoms with Gasteiger partial charge in [0.25, 0.3) is 0 Å². The van der Waals surface area contributed by atoms with Crippen LogP contribution in [0.1, 0.15) is 50.8 Å². The van der Waals surface area contributed by atoms with E-state index in [0.717, 1.165) is 43.3 Å². The number of fused-ring (bicyclic) bond motifs is 1. The van der Waals surface area contributed by atoms with Crippen LogP contribution in [0, 0.1) is 5.92 Å². The summed E-state index contributed by atoms with van der Waals surface area (Å²) in [7, 11) is 0. The second-order valence-electron chi connectivity index (χ2n) is 6.80. The van der Waals surface area contributed by atoms with Crippen LogP contribution in [-0.4, -0.2) is 15.7 Å². The lowest BCUT2D eigenvalue weighted by Crippen LogP contribution is -2.29. The first kappa shape index (κ1) is 15.2. The van der Waals surface area contributed by atoms with Gasteiger partial charge in [-0.2, -0.15) is 0 Å². The standard InChI is InChI=1S/C20H25NO/c1-3-18-9-8-17-7-6-16(14-19(17)21-18)5-4-15-10-12-20(2,22)13-11-15/h4-9,14-15,22H,3,10-13H2,1-2H3/b5-4+. The maximum atomic E-state index is 10.0. The van der Waals surface area contributed by atoms with E-state index in [0.29, 0.717) is 5.92 Å². The predicted octanol–water partition coefficient (Wildman–Crippen LogP) is 4.75. The van der Waals surface area contributed by atoms with Gasteiger partial charge in [-0.25, -0.2) is 0 Å². The molecular formula is C20H25NO. The maximum absolute atomic E-state index is 10.0. The molecule has 1 fully saturated rings. The lowest BCUT2D eigenvalue weighted by Gasteiger charge is -2.31. The van der Waals surface area contributed by atoms with Gasteiger partial charge in [-0.1, -0.05) is 37.3 Å². The lowest BCUT2D eigenvalue weighted by molar-refractivity contribution is 0.0139. The number of aliphatic hydroxyl groups is 1. The van der Waals surface area contributed by atoms with E-state index < -0.39 is 5.60 Å². The Labute approximate surface area is 132 Å². The van der Waals surface area contributed by atoms with Crippen molar-refractivity contribution in [1.82, 2.24) is 4.98 Å². The van der Waals surface area contributed by atoms with Gasteiger partial charge in [0, 0.05) is 11.1 Å². The molecule has 1 aromatic heterocycles. The minimum Gasteiger partial charge on any atom is -0.390 e. The van der Waals surface area contributed by atoms with Crippen molar-refractivity contribution in [1.29, 1.82) is 0 Å². The average Bonchev–Trinajstić information content (AvgIpc) is 2.53. The van der Waals surface area contributed by atoms with Crippen LogP contribution in [0.4, 0.5) is 0 Å². The van der Waals surface area contributed by atoms with Gasteiger partial charge in [0.05, 0.1) is 11.1 Å². The Hall–Kier alpha value is -1.67. The minimum atomic E-state index is -0.451. The summed E-state index contributed by atoms with van der Waals surface area (Å²) in [5.41, 5.74) is 2.98. The largest absolute Gasteiger partial charge is 0.390 e. The van der Waals surface area contributed by atoms with E-state index in [2.05, 4.69) is 49.4 Å². The molecule has 0 radical (unpaired) electrons. The summed E-state index contributed by atoms with van der Waals surface area (Å²) in [6, 6.07) is 10.7. The Morgan fingerprint density at radius 2 is 1.95 bits per heavy atom. The molecule has 1 heterocycles. The number of hydrogen-bond acceptors (Lipinski definition) is 2. The second kappa shape index (κ2) is 6.21. The molecule has 0 bridgehead atoms. The molecule has 2 nitrogen and oxygen atoms in total. The fourth-order valence-electron chi connectivity index (χ4n) is 3.18. The number of allylic oxidation sites excluding steroid dienone is 1. The third-order valence-corrected chi connectivity index (χ3v) is 4.80. The topological polar surface area (TPSA) is 33.1 Å². The second-order valence-corrected chi connectivity index (χ2v) is 6.80. The molecule has 0 saturated heterocycles. The van der Waals surface area contributed by atoms with Crippen LogP contribution >= 0.6 is 0 Å². The Morgan fingerprint density at radius 1 is 1.23 bits per heavy atom. The molecule has 1 N–H and O–H groups in total. The van der Waals surface area contributed by atoms with Crippen LogP contribution in [0.5, 0.6) is 0 Å². The van der Waals surface area contributed by atoms with Gasteiger partial charge in [-0.15, -0.1) is 0 Å². The normalized spacial score (nSPS) is 25.9. The molecule has 2 heteroatoms. The van der Waals surface area contributed by atoms with Gasteiger partial charge in [0.2, 0.25) is 0 Å². The van der Waals surface area contributed by atoms with Crippen molar-refractivity contribution in [3.8, 4) is 0 Å². The van der Waals surface area contributed by atoms with Crippen molar-refractivity contribution >= 4 is 17.0 Å². The maximum Gasteiger partial charge on any atom is 0.0711 e. The molecule has 0 aliphatic heterocycles. The minimum absolute atomic E-state index is 0.451. The molecule has 1 saturated carbocycles. The molecule has 3 rings (SSSR count). The van der Waals surface area contributed by atoms with Gasteiger partial charge in [0.15, 0.2) is 0 Å². The van der Waals surface area contributed by atoms with E-state index in [9.17, 15) is 5.11 Å². The third-order valence-electron chi connectivity index (χ3n) is 4.80. The number of nitrogens with zero attached hydrogens (tertiary/aromatic N) is 1. The van der Waals surface area contributed by atoms with Gasteiger partial charge in [-0.3, -0.25) is 4.98 Å². The van der Waals surface area contributed by atoms with Crippen LogP contribution in [0.15, 0.2) is 36.4 Å². The highest BCUT2D eigenvalue weighted by Crippen LogP contribution is 2.32. The smallest absolute Gasteiger partial charge is 0.0711 e. The van der Waals surface area contributed by atoms with Crippen molar-refractivity contribution in [3.63, 3.8) is 0 Å². The fraction of sp³-hybridized carbons (Fsp3) is 0.450. The zero-order valence-electron chi connectivity index (χ0n) is 13.5. The van der Waals surface area contributed by atoms with Crippen molar-refractivity contribution in [2.24, 2.45) is 5.92 Å².